The zero-order valence-electron chi connectivity index (χ0n) is 22.0. The number of rotatable bonds is 17. The van der Waals surface area contributed by atoms with Crippen molar-refractivity contribution >= 4 is 5.91 Å². The Labute approximate surface area is 218 Å². The largest absolute Gasteiger partial charge is 0.348 e. The van der Waals surface area contributed by atoms with Gasteiger partial charge in [-0.1, -0.05) is 149 Å². The molecule has 0 saturated heterocycles. The molecule has 0 heterocycles. The van der Waals surface area contributed by atoms with Gasteiger partial charge in [-0.05, 0) is 23.1 Å². The van der Waals surface area contributed by atoms with Gasteiger partial charge in [0.15, 0.2) is 0 Å². The lowest BCUT2D eigenvalue weighted by Crippen LogP contribution is -2.37. The lowest BCUT2D eigenvalue weighted by atomic mass is 9.97. The van der Waals surface area contributed by atoms with E-state index < -0.39 is 0 Å². The quantitative estimate of drug-likeness (QED) is 0.190. The number of benzene rings is 3. The first-order chi connectivity index (χ1) is 17.8. The first kappa shape index (κ1) is 27.7. The van der Waals surface area contributed by atoms with E-state index in [1.165, 1.54) is 56.1 Å². The zero-order chi connectivity index (χ0) is 25.3. The van der Waals surface area contributed by atoms with Crippen LogP contribution in [0.1, 0.15) is 99.9 Å². The van der Waals surface area contributed by atoms with Crippen molar-refractivity contribution in [1.29, 1.82) is 0 Å². The summed E-state index contributed by atoms with van der Waals surface area (Å²) in [5.74, 6) is 0.143. The van der Waals surface area contributed by atoms with Crippen molar-refractivity contribution in [1.82, 2.24) is 10.6 Å². The summed E-state index contributed by atoms with van der Waals surface area (Å²) < 4.78 is 0. The molecule has 3 aromatic carbocycles. The van der Waals surface area contributed by atoms with Gasteiger partial charge in [0.2, 0.25) is 5.91 Å². The minimum absolute atomic E-state index is 0.0628. The van der Waals surface area contributed by atoms with Crippen LogP contribution in [0.5, 0.6) is 0 Å². The summed E-state index contributed by atoms with van der Waals surface area (Å²) in [5.41, 5.74) is 3.57. The predicted molar refractivity (Wildman–Crippen MR) is 152 cm³/mol. The summed E-state index contributed by atoms with van der Waals surface area (Å²) in [5, 5.41) is 7.06. The third kappa shape index (κ3) is 9.99. The highest BCUT2D eigenvalue weighted by atomic mass is 16.1. The lowest BCUT2D eigenvalue weighted by Gasteiger charge is -2.25. The Morgan fingerprint density at radius 1 is 0.611 bits per heavy atom. The Hall–Kier alpha value is -2.91. The van der Waals surface area contributed by atoms with Crippen molar-refractivity contribution in [2.45, 2.75) is 83.2 Å². The van der Waals surface area contributed by atoms with E-state index in [0.29, 0.717) is 13.0 Å². The lowest BCUT2D eigenvalue weighted by molar-refractivity contribution is -0.122. The molecular weight excluding hydrogens is 440 g/mol. The molecule has 0 bridgehead atoms. The second-order valence-electron chi connectivity index (χ2n) is 9.77. The molecule has 0 aromatic heterocycles. The number of carbonyl (C=O) groups is 1. The zero-order valence-corrected chi connectivity index (χ0v) is 22.0. The average molecular weight is 485 g/mol. The van der Waals surface area contributed by atoms with Crippen molar-refractivity contribution in [2.24, 2.45) is 0 Å². The van der Waals surface area contributed by atoms with E-state index in [1.807, 2.05) is 30.3 Å². The molecule has 0 radical (unpaired) electrons. The SMILES string of the molecule is CCCCCCCCCCCC(=O)NC(CNC(c1ccccc1)c1ccccc1)c1ccccc1. The maximum atomic E-state index is 12.9. The molecule has 2 N–H and O–H groups in total. The fourth-order valence-electron chi connectivity index (χ4n) is 4.76. The van der Waals surface area contributed by atoms with Gasteiger partial charge < -0.3 is 10.6 Å². The average Bonchev–Trinajstić information content (AvgIpc) is 2.93. The Kier molecular flexibility index (Phi) is 12.8. The van der Waals surface area contributed by atoms with Gasteiger partial charge in [0.05, 0.1) is 12.1 Å². The van der Waals surface area contributed by atoms with Crippen LogP contribution in [-0.4, -0.2) is 12.5 Å². The number of hydrogen-bond donors (Lipinski definition) is 2. The second kappa shape index (κ2) is 16.7. The molecule has 0 aliphatic carbocycles. The van der Waals surface area contributed by atoms with Gasteiger partial charge in [-0.25, -0.2) is 0 Å². The molecule has 0 fully saturated rings. The van der Waals surface area contributed by atoms with Crippen LogP contribution in [0.2, 0.25) is 0 Å². The summed E-state index contributed by atoms with van der Waals surface area (Å²) in [6.45, 7) is 2.91. The van der Waals surface area contributed by atoms with E-state index in [2.05, 4.69) is 78.2 Å². The van der Waals surface area contributed by atoms with Crippen LogP contribution in [-0.2, 0) is 4.79 Å². The number of unbranched alkanes of at least 4 members (excludes halogenated alkanes) is 8. The summed E-state index contributed by atoms with van der Waals surface area (Å²) >= 11 is 0. The van der Waals surface area contributed by atoms with E-state index in [1.54, 1.807) is 0 Å². The summed E-state index contributed by atoms with van der Waals surface area (Å²) in [4.78, 5) is 12.9. The molecule has 0 saturated carbocycles. The van der Waals surface area contributed by atoms with Gasteiger partial charge in [0, 0.05) is 13.0 Å². The van der Waals surface area contributed by atoms with Gasteiger partial charge >= 0.3 is 0 Å². The summed E-state index contributed by atoms with van der Waals surface area (Å²) in [6, 6.07) is 31.3. The smallest absolute Gasteiger partial charge is 0.220 e. The maximum Gasteiger partial charge on any atom is 0.220 e. The molecule has 0 spiro atoms. The van der Waals surface area contributed by atoms with Crippen LogP contribution in [0.4, 0.5) is 0 Å². The fourth-order valence-corrected chi connectivity index (χ4v) is 4.76. The van der Waals surface area contributed by atoms with Crippen molar-refractivity contribution in [3.05, 3.63) is 108 Å². The van der Waals surface area contributed by atoms with E-state index in [0.717, 1.165) is 18.4 Å². The van der Waals surface area contributed by atoms with Gasteiger partial charge in [0.25, 0.3) is 0 Å². The van der Waals surface area contributed by atoms with Gasteiger partial charge in [-0.2, -0.15) is 0 Å². The van der Waals surface area contributed by atoms with E-state index in [9.17, 15) is 4.79 Å². The summed E-state index contributed by atoms with van der Waals surface area (Å²) in [6.07, 6.45) is 11.9. The molecule has 3 rings (SSSR count). The first-order valence-electron chi connectivity index (χ1n) is 14.0. The third-order valence-corrected chi connectivity index (χ3v) is 6.84. The minimum Gasteiger partial charge on any atom is -0.348 e. The Balaban J connectivity index is 1.54. The standard InChI is InChI=1S/C33H44N2O/c1-2-3-4-5-6-7-8-9-19-26-32(36)35-31(28-20-13-10-14-21-28)27-34-33(29-22-15-11-16-23-29)30-24-17-12-18-25-30/h10-18,20-25,31,33-34H,2-9,19,26-27H2,1H3,(H,35,36). The number of carbonyl (C=O) groups excluding carboxylic acids is 1. The van der Waals surface area contributed by atoms with Crippen LogP contribution in [0, 0.1) is 0 Å². The molecule has 0 aliphatic heterocycles. The van der Waals surface area contributed by atoms with Crippen molar-refractivity contribution < 1.29 is 4.79 Å². The Morgan fingerprint density at radius 2 is 1.06 bits per heavy atom. The van der Waals surface area contributed by atoms with E-state index in [-0.39, 0.29) is 18.0 Å². The molecule has 3 heteroatoms. The molecule has 0 aliphatic rings. The van der Waals surface area contributed by atoms with Crippen molar-refractivity contribution in [3.63, 3.8) is 0 Å². The van der Waals surface area contributed by atoms with Crippen molar-refractivity contribution in [3.8, 4) is 0 Å². The third-order valence-electron chi connectivity index (χ3n) is 6.84. The Morgan fingerprint density at radius 3 is 1.56 bits per heavy atom. The number of amides is 1. The molecule has 1 unspecified atom stereocenters. The molecule has 192 valence electrons. The van der Waals surface area contributed by atoms with Gasteiger partial charge in [-0.15, -0.1) is 0 Å². The van der Waals surface area contributed by atoms with E-state index >= 15 is 0 Å². The summed E-state index contributed by atoms with van der Waals surface area (Å²) in [7, 11) is 0. The van der Waals surface area contributed by atoms with E-state index in [4.69, 9.17) is 0 Å². The monoisotopic (exact) mass is 484 g/mol. The molecular formula is C33H44N2O. The van der Waals surface area contributed by atoms with Crippen LogP contribution in [0.25, 0.3) is 0 Å². The van der Waals surface area contributed by atoms with Crippen LogP contribution in [0.15, 0.2) is 91.0 Å². The van der Waals surface area contributed by atoms with Crippen LogP contribution in [0.3, 0.4) is 0 Å². The maximum absolute atomic E-state index is 12.9. The normalized spacial score (nSPS) is 11.9. The molecule has 1 amide bonds. The molecule has 1 atom stereocenters. The number of nitrogens with one attached hydrogen (secondary N) is 2. The van der Waals surface area contributed by atoms with Crippen LogP contribution < -0.4 is 10.6 Å². The highest BCUT2D eigenvalue weighted by molar-refractivity contribution is 5.76. The number of hydrogen-bond acceptors (Lipinski definition) is 2. The molecule has 36 heavy (non-hydrogen) atoms. The highest BCUT2D eigenvalue weighted by Crippen LogP contribution is 2.23. The minimum atomic E-state index is -0.0767. The predicted octanol–water partition coefficient (Wildman–Crippen LogP) is 8.14. The fraction of sp³-hybridized carbons (Fsp3) is 0.424. The molecule has 3 nitrogen and oxygen atoms in total. The highest BCUT2D eigenvalue weighted by Gasteiger charge is 2.19. The van der Waals surface area contributed by atoms with Crippen LogP contribution >= 0.6 is 0 Å². The Bertz CT molecular complexity index is 919. The van der Waals surface area contributed by atoms with Gasteiger partial charge in [-0.3, -0.25) is 4.79 Å². The van der Waals surface area contributed by atoms with Crippen molar-refractivity contribution in [2.75, 3.05) is 6.54 Å². The first-order valence-corrected chi connectivity index (χ1v) is 14.0. The topological polar surface area (TPSA) is 41.1 Å². The molecule has 3 aromatic rings. The van der Waals surface area contributed by atoms with Gasteiger partial charge in [0.1, 0.15) is 0 Å². The second-order valence-corrected chi connectivity index (χ2v) is 9.77.